The Hall–Kier alpha value is -3.98. The van der Waals surface area contributed by atoms with Gasteiger partial charge >= 0.3 is 346 Å². The van der Waals surface area contributed by atoms with Gasteiger partial charge in [-0.05, 0) is 129 Å². The van der Waals surface area contributed by atoms with E-state index in [0.29, 0.717) is 20.9 Å². The predicted octanol–water partition coefficient (Wildman–Crippen LogP) is 37.6. The minimum Gasteiger partial charge on any atom is -0.288 e. The van der Waals surface area contributed by atoms with Crippen molar-refractivity contribution in [1.29, 1.82) is 0 Å². The van der Waals surface area contributed by atoms with Crippen molar-refractivity contribution < 1.29 is 9.59 Å². The SMILES string of the molecule is CCCCCCC#Cc1c2ccsc2c(C#CCCCCCC)c2ccsc12.CCCCCCCCc1c2c[c]([Sn]([CH3])([CH3])[CH3])sc2c(CCCCCCCC)c2cc(C)sc12.CCCCCCCCc1c2ccsc2c(CCCCCCCC)c2ccsc12.Cc1cc2c(C)c3s[c]([Sn]([CH3])([CH3])[CH3])cc3c(C)c2s1.O=C1c2ccsc2C(=O)c2ccsc21. The quantitative estimate of drug-likeness (QED) is 0.0220. The fourth-order valence-corrected chi connectivity index (χ4v) is 37.9. The van der Waals surface area contributed by atoms with Gasteiger partial charge < -0.3 is 0 Å². The molecule has 0 spiro atoms. The first-order valence-electron chi connectivity index (χ1n) is 47.1. The summed E-state index contributed by atoms with van der Waals surface area (Å²) in [6.07, 6.45) is 50.4. The van der Waals surface area contributed by atoms with Crippen LogP contribution < -0.4 is 5.79 Å². The van der Waals surface area contributed by atoms with Gasteiger partial charge in [0.1, 0.15) is 0 Å². The molecule has 1 aliphatic carbocycles. The molecule has 14 heteroatoms. The molecule has 0 unspecified atom stereocenters. The molecular formula is C108H140O2S10Sn2. The van der Waals surface area contributed by atoms with Crippen molar-refractivity contribution in [1.82, 2.24) is 0 Å². The van der Waals surface area contributed by atoms with Crippen LogP contribution in [0, 0.1) is 51.4 Å². The molecular weight excluding hydrogens is 1890 g/mol. The molecule has 1 aliphatic rings. The van der Waals surface area contributed by atoms with Gasteiger partial charge in [-0.1, -0.05) is 154 Å². The number of unbranched alkanes of at least 4 members (excludes halogenated alkanes) is 28. The van der Waals surface area contributed by atoms with E-state index in [2.05, 4.69) is 227 Å². The van der Waals surface area contributed by atoms with Gasteiger partial charge in [0.25, 0.3) is 0 Å². The first-order valence-corrected chi connectivity index (χ1v) is 75.6. The van der Waals surface area contributed by atoms with Gasteiger partial charge in [-0.15, -0.1) is 68.0 Å². The Balaban J connectivity index is 0.000000152. The van der Waals surface area contributed by atoms with Gasteiger partial charge in [0.2, 0.25) is 11.6 Å². The molecule has 10 heterocycles. The standard InChI is InChI=1S/C27H39S2.C26H38S2.C26H30S2.C13H11S2.C10H4O2S2.6CH3.2Sn/c1-4-6-8-10-12-14-16-22-24-18-19-28-26(24)23(17-15-13-11-9-7-5-2)25-20-21(3)29-27(22)25;2*1-3-5-7-9-11-13-15-21-23-17-19-28-26(23)22(24-18-20-27-25(21)24)16-14-12-10-8-6-4-2;1-7-6-11-9(3)12-10(4-5-14-12)8(2)13(11)15-7;11-7-5-1-3-13-9(5)8(12)6-2-4-14-10(6)7;;;;;;;;/h18,20H,4-17H2,1-3H3;17-20H,3-16H2,1-2H3;17-20H,3-12H2,1-2H3;4,6H,1-3H3;1-4H;6*1H3;;. The predicted molar refractivity (Wildman–Crippen MR) is 569 cm³/mol. The van der Waals surface area contributed by atoms with Gasteiger partial charge in [-0.3, -0.25) is 9.59 Å². The van der Waals surface area contributed by atoms with Crippen molar-refractivity contribution in [3.63, 3.8) is 0 Å². The third kappa shape index (κ3) is 25.8. The number of rotatable bonds is 38. The Morgan fingerprint density at radius 1 is 0.279 bits per heavy atom. The Bertz CT molecular complexity index is 5350. The van der Waals surface area contributed by atoms with Gasteiger partial charge in [0.05, 0.1) is 30.3 Å². The zero-order chi connectivity index (χ0) is 86.7. The van der Waals surface area contributed by atoms with Gasteiger partial charge in [-0.2, -0.15) is 0 Å². The number of hydrogen-bond donors (Lipinski definition) is 0. The summed E-state index contributed by atoms with van der Waals surface area (Å²) < 4.78 is 15.6. The van der Waals surface area contributed by atoms with E-state index in [1.54, 1.807) is 114 Å². The zero-order valence-electron chi connectivity index (χ0n) is 77.0. The molecule has 0 fully saturated rings. The van der Waals surface area contributed by atoms with E-state index in [0.717, 1.165) is 12.8 Å². The topological polar surface area (TPSA) is 34.1 Å². The summed E-state index contributed by atoms with van der Waals surface area (Å²) in [5, 5.41) is 24.5. The third-order valence-corrected chi connectivity index (χ3v) is 53.5. The Labute approximate surface area is 783 Å². The molecule has 0 N–H and O–H groups in total. The summed E-state index contributed by atoms with van der Waals surface area (Å²) in [5.41, 5.74) is 13.2. The minimum absolute atomic E-state index is 0.00847. The van der Waals surface area contributed by atoms with E-state index in [-0.39, 0.29) is 11.6 Å². The first-order chi connectivity index (χ1) is 59.2. The van der Waals surface area contributed by atoms with E-state index in [1.807, 2.05) is 34.0 Å². The maximum atomic E-state index is 11.8. The number of carbonyl (C=O) groups excluding carboxylic acids is 2. The summed E-state index contributed by atoms with van der Waals surface area (Å²) >= 11 is 14.5. The van der Waals surface area contributed by atoms with Crippen LogP contribution in [0.15, 0.2) is 92.9 Å². The smallest absolute Gasteiger partial charge is 0.205 e. The number of benzene rings is 4. The molecule has 652 valence electrons. The maximum absolute atomic E-state index is 11.8. The molecule has 122 heavy (non-hydrogen) atoms. The summed E-state index contributed by atoms with van der Waals surface area (Å²) in [7, 11) is 0. The third-order valence-electron chi connectivity index (χ3n) is 24.3. The largest absolute Gasteiger partial charge is 0.288 e. The number of fused-ring (bicyclic) bond motifs is 10. The van der Waals surface area contributed by atoms with Crippen molar-refractivity contribution >= 4 is 248 Å². The summed E-state index contributed by atoms with van der Waals surface area (Å²) in [4.78, 5) is 43.1. The van der Waals surface area contributed by atoms with Crippen LogP contribution in [0.1, 0.15) is 345 Å². The Morgan fingerprint density at radius 3 is 0.959 bits per heavy atom. The second-order valence-corrected chi connectivity index (χ2v) is 77.2. The molecule has 0 saturated carbocycles. The monoisotopic (exact) mass is 2030 g/mol. The molecule has 2 nitrogen and oxygen atoms in total. The Kier molecular flexibility index (Phi) is 40.2. The Morgan fingerprint density at radius 2 is 0.566 bits per heavy atom. The molecule has 4 aromatic carbocycles. The van der Waals surface area contributed by atoms with Crippen molar-refractivity contribution in [2.75, 3.05) is 0 Å². The summed E-state index contributed by atoms with van der Waals surface area (Å²) in [5.74, 6) is 13.9. The number of thiophene rings is 10. The number of aryl methyl sites for hydroxylation is 8. The van der Waals surface area contributed by atoms with E-state index in [9.17, 15) is 9.59 Å². The molecule has 0 radical (unpaired) electrons. The van der Waals surface area contributed by atoms with Crippen LogP contribution in [0.3, 0.4) is 0 Å². The van der Waals surface area contributed by atoms with Gasteiger partial charge in [-0.25, -0.2) is 0 Å². The van der Waals surface area contributed by atoms with E-state index >= 15 is 0 Å². The first kappa shape index (κ1) is 98.6. The van der Waals surface area contributed by atoms with Crippen molar-refractivity contribution in [2.24, 2.45) is 0 Å². The van der Waals surface area contributed by atoms with Crippen molar-refractivity contribution in [3.05, 3.63) is 168 Å². The van der Waals surface area contributed by atoms with Crippen LogP contribution in [0.2, 0.25) is 29.6 Å². The van der Waals surface area contributed by atoms with Crippen molar-refractivity contribution in [2.45, 2.75) is 343 Å². The molecule has 0 saturated heterocycles. The molecule has 0 atom stereocenters. The van der Waals surface area contributed by atoms with E-state index in [4.69, 9.17) is 0 Å². The maximum Gasteiger partial charge on any atom is 0.205 e. The molecule has 0 bridgehead atoms. The van der Waals surface area contributed by atoms with Crippen LogP contribution >= 0.6 is 113 Å². The molecule has 10 aromatic heterocycles. The van der Waals surface area contributed by atoms with Crippen LogP contribution in [-0.4, -0.2) is 48.3 Å². The van der Waals surface area contributed by atoms with Crippen LogP contribution in [0.5, 0.6) is 0 Å². The van der Waals surface area contributed by atoms with Gasteiger partial charge in [0.15, 0.2) is 0 Å². The van der Waals surface area contributed by atoms with Crippen LogP contribution in [0.4, 0.5) is 0 Å². The molecule has 0 aliphatic heterocycles. The number of ketones is 2. The van der Waals surface area contributed by atoms with Crippen molar-refractivity contribution in [3.8, 4) is 23.7 Å². The number of hydrogen-bond acceptors (Lipinski definition) is 12. The minimum atomic E-state index is -2.10. The fourth-order valence-electron chi connectivity index (χ4n) is 17.2. The van der Waals surface area contributed by atoms with E-state index in [1.165, 1.54) is 326 Å². The molecule has 15 rings (SSSR count). The molecule has 14 aromatic rings. The summed E-state index contributed by atoms with van der Waals surface area (Å²) in [6, 6.07) is 22.8. The zero-order valence-corrected chi connectivity index (χ0v) is 90.9. The second kappa shape index (κ2) is 49.7. The second-order valence-electron chi connectivity index (χ2n) is 36.3. The summed E-state index contributed by atoms with van der Waals surface area (Å²) in [6.45, 7) is 22.9. The fraction of sp³-hybridized carbons (Fsp3) is 0.500. The normalized spacial score (nSPS) is 12.1. The van der Waals surface area contributed by atoms with E-state index < -0.39 is 36.8 Å². The molecule has 0 amide bonds. The number of carbonyl (C=O) groups is 2. The van der Waals surface area contributed by atoms with Crippen LogP contribution in [0.25, 0.3) is 80.7 Å². The average molecular weight is 2030 g/mol. The van der Waals surface area contributed by atoms with Gasteiger partial charge in [0, 0.05) is 44.1 Å². The average Bonchev–Trinajstić information content (AvgIpc) is 1.57. The van der Waals surface area contributed by atoms with Crippen LogP contribution in [-0.2, 0) is 25.7 Å².